The lowest BCUT2D eigenvalue weighted by atomic mass is 9.99. The minimum atomic E-state index is -4.90. The molecule has 9 heteroatoms. The number of halogens is 6. The average molecular weight is 419 g/mol. The van der Waals surface area contributed by atoms with E-state index >= 15 is 0 Å². The molecule has 1 aliphatic rings. The molecule has 1 unspecified atom stereocenters. The number of alkyl halides is 6. The van der Waals surface area contributed by atoms with Gasteiger partial charge in [0.1, 0.15) is 0 Å². The number of carboxylic acids is 1. The van der Waals surface area contributed by atoms with Crippen molar-refractivity contribution in [3.8, 4) is 11.3 Å². The molecule has 0 amide bonds. The fraction of sp³-hybridized carbons (Fsp3) is 0.450. The maximum absolute atomic E-state index is 13.6. The maximum Gasteiger partial charge on any atom is 0.417 e. The van der Waals surface area contributed by atoms with Crippen molar-refractivity contribution in [2.45, 2.75) is 46.1 Å². The topological polar surface area (TPSA) is 42.2 Å². The highest BCUT2D eigenvalue weighted by Crippen LogP contribution is 2.53. The molecule has 0 bridgehead atoms. The standard InChI is InChI=1S/C20H19F6NO2/c1-10-13(17(28)29)7-16(27(10)9-12-8-18(12,2)3)14-6-11(19(21,22)23)4-5-15(14)20(24,25)26/h4-7,12H,8-9H2,1-3H3,(H,28,29). The Hall–Kier alpha value is -2.45. The van der Waals surface area contributed by atoms with E-state index in [2.05, 4.69) is 0 Å². The molecule has 0 saturated heterocycles. The largest absolute Gasteiger partial charge is 0.478 e. The van der Waals surface area contributed by atoms with E-state index in [0.717, 1.165) is 12.5 Å². The van der Waals surface area contributed by atoms with Gasteiger partial charge in [-0.25, -0.2) is 4.79 Å². The van der Waals surface area contributed by atoms with E-state index in [9.17, 15) is 36.2 Å². The molecule has 0 aliphatic heterocycles. The van der Waals surface area contributed by atoms with Crippen LogP contribution in [0.1, 0.15) is 47.4 Å². The molecule has 29 heavy (non-hydrogen) atoms. The van der Waals surface area contributed by atoms with Gasteiger partial charge in [-0.2, -0.15) is 26.3 Å². The average Bonchev–Trinajstić information content (AvgIpc) is 3.02. The first-order chi connectivity index (χ1) is 13.1. The Morgan fingerprint density at radius 3 is 2.17 bits per heavy atom. The van der Waals surface area contributed by atoms with Crippen LogP contribution in [0.4, 0.5) is 26.3 Å². The maximum atomic E-state index is 13.6. The summed E-state index contributed by atoms with van der Waals surface area (Å²) in [6, 6.07) is 2.25. The third-order valence-electron chi connectivity index (χ3n) is 5.65. The predicted octanol–water partition coefficient (Wildman–Crippen LogP) is 6.25. The van der Waals surface area contributed by atoms with Crippen LogP contribution in [0.15, 0.2) is 24.3 Å². The molecule has 3 rings (SSSR count). The van der Waals surface area contributed by atoms with E-state index in [0.29, 0.717) is 18.2 Å². The number of aromatic carboxylic acids is 1. The highest BCUT2D eigenvalue weighted by molar-refractivity contribution is 5.91. The van der Waals surface area contributed by atoms with Gasteiger partial charge in [-0.3, -0.25) is 0 Å². The number of hydrogen-bond acceptors (Lipinski definition) is 1. The van der Waals surface area contributed by atoms with Crippen molar-refractivity contribution in [3.05, 3.63) is 46.6 Å². The lowest BCUT2D eigenvalue weighted by Crippen LogP contribution is -2.13. The summed E-state index contributed by atoms with van der Waals surface area (Å²) in [5, 5.41) is 9.40. The first-order valence-electron chi connectivity index (χ1n) is 8.85. The van der Waals surface area contributed by atoms with E-state index in [-0.39, 0.29) is 34.8 Å². The molecule has 1 aromatic carbocycles. The molecule has 1 saturated carbocycles. The Kier molecular flexibility index (Phi) is 4.79. The molecular weight excluding hydrogens is 400 g/mol. The number of benzene rings is 1. The van der Waals surface area contributed by atoms with Crippen molar-refractivity contribution in [3.63, 3.8) is 0 Å². The van der Waals surface area contributed by atoms with Gasteiger partial charge >= 0.3 is 18.3 Å². The molecule has 158 valence electrons. The zero-order valence-electron chi connectivity index (χ0n) is 15.9. The van der Waals surface area contributed by atoms with Gasteiger partial charge in [0.05, 0.1) is 16.7 Å². The van der Waals surface area contributed by atoms with Crippen molar-refractivity contribution in [2.24, 2.45) is 11.3 Å². The Morgan fingerprint density at radius 1 is 1.14 bits per heavy atom. The van der Waals surface area contributed by atoms with Crippen LogP contribution in [0.2, 0.25) is 0 Å². The van der Waals surface area contributed by atoms with Gasteiger partial charge in [-0.1, -0.05) is 13.8 Å². The fourth-order valence-electron chi connectivity index (χ4n) is 3.61. The van der Waals surface area contributed by atoms with Crippen LogP contribution < -0.4 is 0 Å². The normalized spacial score (nSPS) is 18.7. The Bertz CT molecular complexity index is 969. The summed E-state index contributed by atoms with van der Waals surface area (Å²) >= 11 is 0. The third kappa shape index (κ3) is 4.00. The van der Waals surface area contributed by atoms with Crippen LogP contribution in [0.5, 0.6) is 0 Å². The second-order valence-electron chi connectivity index (χ2n) is 8.09. The van der Waals surface area contributed by atoms with Crippen LogP contribution in [-0.4, -0.2) is 15.6 Å². The number of hydrogen-bond donors (Lipinski definition) is 1. The van der Waals surface area contributed by atoms with E-state index in [1.807, 2.05) is 13.8 Å². The third-order valence-corrected chi connectivity index (χ3v) is 5.65. The first-order valence-corrected chi connectivity index (χ1v) is 8.85. The Balaban J connectivity index is 2.26. The summed E-state index contributed by atoms with van der Waals surface area (Å²) in [5.74, 6) is -1.26. The summed E-state index contributed by atoms with van der Waals surface area (Å²) in [5.41, 5.74) is -3.41. The van der Waals surface area contributed by atoms with Crippen molar-refractivity contribution in [1.82, 2.24) is 4.57 Å². The zero-order valence-corrected chi connectivity index (χ0v) is 15.9. The smallest absolute Gasteiger partial charge is 0.417 e. The van der Waals surface area contributed by atoms with Crippen LogP contribution >= 0.6 is 0 Å². The minimum absolute atomic E-state index is 0.0575. The summed E-state index contributed by atoms with van der Waals surface area (Å²) in [7, 11) is 0. The van der Waals surface area contributed by atoms with Gasteiger partial charge < -0.3 is 9.67 Å². The molecule has 1 aliphatic carbocycles. The predicted molar refractivity (Wildman–Crippen MR) is 93.5 cm³/mol. The van der Waals surface area contributed by atoms with E-state index in [1.165, 1.54) is 11.5 Å². The zero-order chi connectivity index (χ0) is 21.9. The molecule has 3 nitrogen and oxygen atoms in total. The number of carbonyl (C=O) groups is 1. The first kappa shape index (κ1) is 21.3. The van der Waals surface area contributed by atoms with Crippen LogP contribution in [0.25, 0.3) is 11.3 Å². The highest BCUT2D eigenvalue weighted by atomic mass is 19.4. The Labute approximate surface area is 163 Å². The van der Waals surface area contributed by atoms with Crippen molar-refractivity contribution in [1.29, 1.82) is 0 Å². The van der Waals surface area contributed by atoms with Gasteiger partial charge in [-0.15, -0.1) is 0 Å². The van der Waals surface area contributed by atoms with Crippen LogP contribution in [0, 0.1) is 18.3 Å². The summed E-state index contributed by atoms with van der Waals surface area (Å²) < 4.78 is 81.5. The van der Waals surface area contributed by atoms with Gasteiger partial charge in [0.25, 0.3) is 0 Å². The van der Waals surface area contributed by atoms with Crippen molar-refractivity contribution < 1.29 is 36.2 Å². The number of carboxylic acid groups (broad SMARTS) is 1. The molecule has 1 atom stereocenters. The molecule has 1 aromatic heterocycles. The minimum Gasteiger partial charge on any atom is -0.478 e. The monoisotopic (exact) mass is 419 g/mol. The number of nitrogens with zero attached hydrogens (tertiary/aromatic N) is 1. The molecule has 0 spiro atoms. The van der Waals surface area contributed by atoms with Crippen molar-refractivity contribution >= 4 is 5.97 Å². The second kappa shape index (κ2) is 6.53. The quantitative estimate of drug-likeness (QED) is 0.596. The lowest BCUT2D eigenvalue weighted by molar-refractivity contribution is -0.141. The Morgan fingerprint density at radius 2 is 1.72 bits per heavy atom. The number of rotatable bonds is 4. The SMILES string of the molecule is Cc1c(C(=O)O)cc(-c2cc(C(F)(F)F)ccc2C(F)(F)F)n1CC1CC1(C)C. The van der Waals surface area contributed by atoms with Crippen LogP contribution in [0.3, 0.4) is 0 Å². The number of aromatic nitrogens is 1. The molecular formula is C20H19F6NO2. The second-order valence-corrected chi connectivity index (χ2v) is 8.09. The summed E-state index contributed by atoms with van der Waals surface area (Å²) in [6.45, 7) is 5.62. The van der Waals surface area contributed by atoms with Gasteiger partial charge in [0, 0.05) is 23.5 Å². The molecule has 1 N–H and O–H groups in total. The van der Waals surface area contributed by atoms with Crippen molar-refractivity contribution in [2.75, 3.05) is 0 Å². The highest BCUT2D eigenvalue weighted by Gasteiger charge is 2.46. The molecule has 1 heterocycles. The summed E-state index contributed by atoms with van der Waals surface area (Å²) in [6.07, 6.45) is -8.94. The summed E-state index contributed by atoms with van der Waals surface area (Å²) in [4.78, 5) is 11.5. The van der Waals surface area contributed by atoms with Gasteiger partial charge in [-0.05, 0) is 48.9 Å². The van der Waals surface area contributed by atoms with E-state index < -0.39 is 35.0 Å². The van der Waals surface area contributed by atoms with Crippen LogP contribution in [-0.2, 0) is 18.9 Å². The molecule has 0 radical (unpaired) electrons. The molecule has 2 aromatic rings. The fourth-order valence-corrected chi connectivity index (χ4v) is 3.61. The lowest BCUT2D eigenvalue weighted by Gasteiger charge is -2.19. The van der Waals surface area contributed by atoms with Gasteiger partial charge in [0.2, 0.25) is 0 Å². The van der Waals surface area contributed by atoms with E-state index in [1.54, 1.807) is 0 Å². The van der Waals surface area contributed by atoms with E-state index in [4.69, 9.17) is 0 Å². The van der Waals surface area contributed by atoms with Gasteiger partial charge in [0.15, 0.2) is 0 Å². The molecule has 1 fully saturated rings.